The Morgan fingerprint density at radius 1 is 0.917 bits per heavy atom. The number of aromatic nitrogens is 1. The molecule has 0 spiro atoms. The van der Waals surface area contributed by atoms with Gasteiger partial charge >= 0.3 is 5.97 Å². The monoisotopic (exact) mass is 680 g/mol. The van der Waals surface area contributed by atoms with Crippen molar-refractivity contribution in [2.24, 2.45) is 4.99 Å². The van der Waals surface area contributed by atoms with Gasteiger partial charge in [0.25, 0.3) is 5.56 Å². The van der Waals surface area contributed by atoms with Crippen molar-refractivity contribution in [1.29, 1.82) is 0 Å². The molecule has 0 bridgehead atoms. The van der Waals surface area contributed by atoms with Gasteiger partial charge in [-0.2, -0.15) is 0 Å². The summed E-state index contributed by atoms with van der Waals surface area (Å²) >= 11 is 7.27. The van der Waals surface area contributed by atoms with Gasteiger partial charge in [-0.3, -0.25) is 9.36 Å². The summed E-state index contributed by atoms with van der Waals surface area (Å²) in [4.78, 5) is 33.4. The van der Waals surface area contributed by atoms with Crippen molar-refractivity contribution in [3.8, 4) is 17.2 Å². The van der Waals surface area contributed by atoms with Crippen molar-refractivity contribution in [3.63, 3.8) is 0 Å². The molecule has 0 amide bonds. The van der Waals surface area contributed by atoms with Crippen molar-refractivity contribution in [2.75, 3.05) is 20.3 Å². The molecule has 8 nitrogen and oxygen atoms in total. The standard InChI is InChI=1S/C38H33ClN2O6S/c1-4-45-31-20-25(16-19-30(31)47-23-24-14-17-28(39)18-15-24)21-32-36(42)41-35(27-12-9-13-29(22-27)44-3)33(37(43)46-5-2)34(40-38(41)48-32)26-10-7-6-8-11-26/h6-22,35H,4-5,23H2,1-3H3/b32-21-/t35-/m0/s1. The Hall–Kier alpha value is -5.12. The molecule has 0 radical (unpaired) electrons. The molecule has 1 aliphatic rings. The maximum absolute atomic E-state index is 14.3. The maximum atomic E-state index is 14.3. The Bertz CT molecular complexity index is 2160. The highest BCUT2D eigenvalue weighted by molar-refractivity contribution is 7.07. The molecule has 244 valence electrons. The van der Waals surface area contributed by atoms with Crippen molar-refractivity contribution >= 4 is 40.7 Å². The zero-order valence-electron chi connectivity index (χ0n) is 26.6. The number of hydrogen-bond donors (Lipinski definition) is 0. The van der Waals surface area contributed by atoms with Gasteiger partial charge in [-0.15, -0.1) is 0 Å². The zero-order chi connectivity index (χ0) is 33.6. The first-order chi connectivity index (χ1) is 23.4. The Kier molecular flexibility index (Phi) is 10.1. The molecule has 0 saturated heterocycles. The first-order valence-electron chi connectivity index (χ1n) is 15.5. The number of esters is 1. The molecule has 1 atom stereocenters. The van der Waals surface area contributed by atoms with E-state index in [0.717, 1.165) is 16.7 Å². The first-order valence-corrected chi connectivity index (χ1v) is 16.7. The summed E-state index contributed by atoms with van der Waals surface area (Å²) in [6, 6.07) is 29.0. The molecule has 2 heterocycles. The lowest BCUT2D eigenvalue weighted by atomic mass is 9.93. The van der Waals surface area contributed by atoms with Crippen LogP contribution >= 0.6 is 22.9 Å². The molecule has 4 aromatic carbocycles. The second kappa shape index (κ2) is 14.8. The van der Waals surface area contributed by atoms with Gasteiger partial charge < -0.3 is 18.9 Å². The Morgan fingerprint density at radius 3 is 2.44 bits per heavy atom. The maximum Gasteiger partial charge on any atom is 0.338 e. The van der Waals surface area contributed by atoms with E-state index in [-0.39, 0.29) is 17.7 Å². The SMILES string of the molecule is CCOC(=O)C1=C(c2ccccc2)N=c2s/c(=C\c3ccc(OCc4ccc(Cl)cc4)c(OCC)c3)c(=O)n2[C@H]1c1cccc(OC)c1. The highest BCUT2D eigenvalue weighted by Gasteiger charge is 2.35. The molecule has 6 rings (SSSR count). The van der Waals surface area contributed by atoms with Crippen LogP contribution < -0.4 is 29.1 Å². The average molecular weight is 681 g/mol. The van der Waals surface area contributed by atoms with Crippen LogP contribution in [0.15, 0.2) is 112 Å². The van der Waals surface area contributed by atoms with E-state index in [0.29, 0.717) is 56.1 Å². The topological polar surface area (TPSA) is 88.4 Å². The van der Waals surface area contributed by atoms with E-state index in [2.05, 4.69) is 0 Å². The largest absolute Gasteiger partial charge is 0.497 e. The van der Waals surface area contributed by atoms with Crippen molar-refractivity contribution in [1.82, 2.24) is 4.57 Å². The number of ether oxygens (including phenoxy) is 4. The normalized spacial score (nSPS) is 14.2. The number of hydrogen-bond acceptors (Lipinski definition) is 8. The summed E-state index contributed by atoms with van der Waals surface area (Å²) in [5, 5.41) is 0.659. The molecule has 5 aromatic rings. The number of carbonyl (C=O) groups is 1. The first kappa shape index (κ1) is 32.8. The van der Waals surface area contributed by atoms with E-state index in [1.165, 1.54) is 11.3 Å². The van der Waals surface area contributed by atoms with Gasteiger partial charge in [0.05, 0.1) is 42.2 Å². The fourth-order valence-electron chi connectivity index (χ4n) is 5.46. The molecule has 1 aromatic heterocycles. The molecule has 1 aliphatic heterocycles. The van der Waals surface area contributed by atoms with E-state index in [1.807, 2.05) is 104 Å². The van der Waals surface area contributed by atoms with Gasteiger partial charge in [0.2, 0.25) is 0 Å². The molecule has 0 unspecified atom stereocenters. The van der Waals surface area contributed by atoms with Crippen LogP contribution in [0.25, 0.3) is 11.8 Å². The molecule has 0 fully saturated rings. The summed E-state index contributed by atoms with van der Waals surface area (Å²) in [6.07, 6.45) is 1.80. The molecule has 10 heteroatoms. The van der Waals surface area contributed by atoms with Crippen LogP contribution in [-0.4, -0.2) is 30.9 Å². The minimum Gasteiger partial charge on any atom is -0.497 e. The molecular weight excluding hydrogens is 648 g/mol. The Morgan fingerprint density at radius 2 is 1.71 bits per heavy atom. The lowest BCUT2D eigenvalue weighted by molar-refractivity contribution is -0.138. The minimum absolute atomic E-state index is 0.168. The fraction of sp³-hybridized carbons (Fsp3) is 0.184. The van der Waals surface area contributed by atoms with Gasteiger partial charge in [-0.25, -0.2) is 9.79 Å². The third-order valence-electron chi connectivity index (χ3n) is 7.66. The van der Waals surface area contributed by atoms with E-state index in [4.69, 9.17) is 35.5 Å². The molecule has 0 saturated carbocycles. The summed E-state index contributed by atoms with van der Waals surface area (Å²) in [5.41, 5.74) is 3.58. The number of fused-ring (bicyclic) bond motifs is 1. The van der Waals surface area contributed by atoms with Gasteiger partial charge in [-0.05, 0) is 73.0 Å². The van der Waals surface area contributed by atoms with Gasteiger partial charge in [-0.1, -0.05) is 83.6 Å². The second-order valence-electron chi connectivity index (χ2n) is 10.8. The van der Waals surface area contributed by atoms with Crippen molar-refractivity contribution in [2.45, 2.75) is 26.5 Å². The van der Waals surface area contributed by atoms with Crippen LogP contribution in [0.3, 0.4) is 0 Å². The van der Waals surface area contributed by atoms with Gasteiger partial charge in [0.15, 0.2) is 16.3 Å². The minimum atomic E-state index is -0.810. The fourth-order valence-corrected chi connectivity index (χ4v) is 6.59. The highest BCUT2D eigenvalue weighted by Crippen LogP contribution is 2.36. The highest BCUT2D eigenvalue weighted by atomic mass is 35.5. The Balaban J connectivity index is 1.48. The van der Waals surface area contributed by atoms with Crippen LogP contribution in [0.1, 0.15) is 42.1 Å². The summed E-state index contributed by atoms with van der Waals surface area (Å²) in [5.74, 6) is 1.18. The average Bonchev–Trinajstić information content (AvgIpc) is 3.42. The van der Waals surface area contributed by atoms with E-state index >= 15 is 0 Å². The van der Waals surface area contributed by atoms with Crippen LogP contribution in [0.5, 0.6) is 17.2 Å². The number of methoxy groups -OCH3 is 1. The number of carbonyl (C=O) groups excluding carboxylic acids is 1. The number of halogens is 1. The van der Waals surface area contributed by atoms with Gasteiger partial charge in [0.1, 0.15) is 12.4 Å². The molecular formula is C38H33ClN2O6S. The smallest absolute Gasteiger partial charge is 0.338 e. The number of nitrogens with zero attached hydrogens (tertiary/aromatic N) is 2. The van der Waals surface area contributed by atoms with Crippen molar-refractivity contribution < 1.29 is 23.7 Å². The summed E-state index contributed by atoms with van der Waals surface area (Å²) < 4.78 is 25.1. The van der Waals surface area contributed by atoms with Gasteiger partial charge in [0, 0.05) is 10.6 Å². The third kappa shape index (κ3) is 6.93. The Labute approximate surface area is 286 Å². The number of benzene rings is 4. The van der Waals surface area contributed by atoms with Crippen LogP contribution in [-0.2, 0) is 16.1 Å². The van der Waals surface area contributed by atoms with E-state index in [1.54, 1.807) is 24.7 Å². The zero-order valence-corrected chi connectivity index (χ0v) is 28.2. The number of thiazole rings is 1. The summed E-state index contributed by atoms with van der Waals surface area (Å²) in [7, 11) is 1.58. The quantitative estimate of drug-likeness (QED) is 0.147. The van der Waals surface area contributed by atoms with Crippen LogP contribution in [0, 0.1) is 0 Å². The molecule has 48 heavy (non-hydrogen) atoms. The molecule has 0 aliphatic carbocycles. The number of rotatable bonds is 11. The predicted molar refractivity (Wildman–Crippen MR) is 187 cm³/mol. The lowest BCUT2D eigenvalue weighted by Crippen LogP contribution is -2.40. The molecule has 0 N–H and O–H groups in total. The third-order valence-corrected chi connectivity index (χ3v) is 8.89. The summed E-state index contributed by atoms with van der Waals surface area (Å²) in [6.45, 7) is 4.59. The van der Waals surface area contributed by atoms with E-state index in [9.17, 15) is 9.59 Å². The predicted octanol–water partition coefficient (Wildman–Crippen LogP) is 6.58. The second-order valence-corrected chi connectivity index (χ2v) is 12.2. The lowest BCUT2D eigenvalue weighted by Gasteiger charge is -2.26. The van der Waals surface area contributed by atoms with E-state index < -0.39 is 12.0 Å². The van der Waals surface area contributed by atoms with Crippen LogP contribution in [0.4, 0.5) is 0 Å². The van der Waals surface area contributed by atoms with Crippen molar-refractivity contribution in [3.05, 3.63) is 150 Å². The van der Waals surface area contributed by atoms with Crippen LogP contribution in [0.2, 0.25) is 5.02 Å².